The van der Waals surface area contributed by atoms with Crippen molar-refractivity contribution in [2.24, 2.45) is 0 Å². The van der Waals surface area contributed by atoms with Gasteiger partial charge in [-0.15, -0.1) is 5.10 Å². The molecule has 1 N–H and O–H groups in total. The number of tetrazole rings is 1. The highest BCUT2D eigenvalue weighted by Gasteiger charge is 2.16. The Labute approximate surface area is 128 Å². The summed E-state index contributed by atoms with van der Waals surface area (Å²) in [6.07, 6.45) is 0. The fourth-order valence-electron chi connectivity index (χ4n) is 1.90. The number of aromatic nitrogens is 4. The Hall–Kier alpha value is -1.70. The standard InChI is InChI=1S/C13H18ClN5O2/c1-9(15-6-7-20-2)13-16-17-18-19(13)10-4-5-12(21-3)11(14)8-10/h4-5,8-9,15H,6-7H2,1-3H3. The van der Waals surface area contributed by atoms with Crippen LogP contribution >= 0.6 is 11.6 Å². The van der Waals surface area contributed by atoms with Gasteiger partial charge >= 0.3 is 0 Å². The smallest absolute Gasteiger partial charge is 0.173 e. The molecule has 0 saturated heterocycles. The van der Waals surface area contributed by atoms with E-state index in [2.05, 4.69) is 20.8 Å². The molecule has 0 spiro atoms. The van der Waals surface area contributed by atoms with Crippen LogP contribution in [0.15, 0.2) is 18.2 Å². The first-order valence-corrected chi connectivity index (χ1v) is 6.89. The van der Waals surface area contributed by atoms with Crippen LogP contribution in [0.5, 0.6) is 5.75 Å². The normalized spacial score (nSPS) is 12.4. The molecule has 2 aromatic rings. The molecular formula is C13H18ClN5O2. The van der Waals surface area contributed by atoms with Crippen LogP contribution in [0.25, 0.3) is 5.69 Å². The molecule has 0 aliphatic rings. The van der Waals surface area contributed by atoms with E-state index in [9.17, 15) is 0 Å². The second kappa shape index (κ2) is 7.35. The van der Waals surface area contributed by atoms with Crippen LogP contribution < -0.4 is 10.1 Å². The number of halogens is 1. The third-order valence-corrected chi connectivity index (χ3v) is 3.31. The highest BCUT2D eigenvalue weighted by Crippen LogP contribution is 2.27. The van der Waals surface area contributed by atoms with Gasteiger partial charge in [0.2, 0.25) is 0 Å². The minimum Gasteiger partial charge on any atom is -0.495 e. The summed E-state index contributed by atoms with van der Waals surface area (Å²) in [5, 5.41) is 15.6. The van der Waals surface area contributed by atoms with Gasteiger partial charge in [0.1, 0.15) is 5.75 Å². The zero-order valence-electron chi connectivity index (χ0n) is 12.2. The van der Waals surface area contributed by atoms with Gasteiger partial charge < -0.3 is 14.8 Å². The molecule has 8 heteroatoms. The average molecular weight is 312 g/mol. The Morgan fingerprint density at radius 1 is 1.38 bits per heavy atom. The molecule has 1 aromatic carbocycles. The van der Waals surface area contributed by atoms with Crippen LogP contribution in [-0.2, 0) is 4.74 Å². The largest absolute Gasteiger partial charge is 0.495 e. The van der Waals surface area contributed by atoms with Crippen LogP contribution in [0.4, 0.5) is 0 Å². The second-order valence-electron chi connectivity index (χ2n) is 4.44. The van der Waals surface area contributed by atoms with E-state index in [1.807, 2.05) is 13.0 Å². The van der Waals surface area contributed by atoms with Crippen molar-refractivity contribution in [2.75, 3.05) is 27.4 Å². The molecule has 0 fully saturated rings. The Kier molecular flexibility index (Phi) is 5.49. The molecule has 1 aromatic heterocycles. The van der Waals surface area contributed by atoms with E-state index >= 15 is 0 Å². The van der Waals surface area contributed by atoms with Crippen LogP contribution in [-0.4, -0.2) is 47.6 Å². The molecule has 0 aliphatic carbocycles. The lowest BCUT2D eigenvalue weighted by atomic mass is 10.2. The van der Waals surface area contributed by atoms with E-state index < -0.39 is 0 Å². The Morgan fingerprint density at radius 2 is 2.19 bits per heavy atom. The lowest BCUT2D eigenvalue weighted by Gasteiger charge is -2.13. The van der Waals surface area contributed by atoms with Gasteiger partial charge in [0, 0.05) is 13.7 Å². The monoisotopic (exact) mass is 311 g/mol. The molecule has 2 rings (SSSR count). The predicted molar refractivity (Wildman–Crippen MR) is 79.0 cm³/mol. The molecule has 1 heterocycles. The molecule has 1 atom stereocenters. The van der Waals surface area contributed by atoms with Crippen LogP contribution in [0.3, 0.4) is 0 Å². The van der Waals surface area contributed by atoms with Crippen molar-refractivity contribution in [1.82, 2.24) is 25.5 Å². The van der Waals surface area contributed by atoms with E-state index in [0.29, 0.717) is 29.7 Å². The summed E-state index contributed by atoms with van der Waals surface area (Å²) in [5.74, 6) is 1.31. The minimum atomic E-state index is -0.0176. The van der Waals surface area contributed by atoms with Crippen molar-refractivity contribution >= 4 is 11.6 Å². The predicted octanol–water partition coefficient (Wildman–Crippen LogP) is 1.62. The maximum absolute atomic E-state index is 6.14. The topological polar surface area (TPSA) is 74.1 Å². The molecule has 0 saturated carbocycles. The highest BCUT2D eigenvalue weighted by molar-refractivity contribution is 6.32. The zero-order valence-corrected chi connectivity index (χ0v) is 13.0. The molecule has 0 aliphatic heterocycles. The summed E-state index contributed by atoms with van der Waals surface area (Å²) < 4.78 is 11.8. The maximum atomic E-state index is 6.14. The lowest BCUT2D eigenvalue weighted by molar-refractivity contribution is 0.196. The summed E-state index contributed by atoms with van der Waals surface area (Å²) in [6.45, 7) is 3.33. The average Bonchev–Trinajstić information content (AvgIpc) is 2.96. The van der Waals surface area contributed by atoms with Crippen molar-refractivity contribution < 1.29 is 9.47 Å². The SMILES string of the molecule is COCCNC(C)c1nnnn1-c1ccc(OC)c(Cl)c1. The third-order valence-electron chi connectivity index (χ3n) is 3.02. The van der Waals surface area contributed by atoms with Crippen LogP contribution in [0.2, 0.25) is 5.02 Å². The zero-order chi connectivity index (χ0) is 15.2. The summed E-state index contributed by atoms with van der Waals surface area (Å²) in [6, 6.07) is 5.39. The van der Waals surface area contributed by atoms with Crippen LogP contribution in [0, 0.1) is 0 Å². The van der Waals surface area contributed by atoms with Crippen molar-refractivity contribution in [2.45, 2.75) is 13.0 Å². The molecular weight excluding hydrogens is 294 g/mol. The first-order chi connectivity index (χ1) is 10.2. The first-order valence-electron chi connectivity index (χ1n) is 6.52. The van der Waals surface area contributed by atoms with Gasteiger partial charge in [0.05, 0.1) is 30.5 Å². The minimum absolute atomic E-state index is 0.0176. The van der Waals surface area contributed by atoms with Crippen molar-refractivity contribution in [3.8, 4) is 11.4 Å². The van der Waals surface area contributed by atoms with Gasteiger partial charge in [-0.1, -0.05) is 11.6 Å². The molecule has 1 unspecified atom stereocenters. The van der Waals surface area contributed by atoms with E-state index in [-0.39, 0.29) is 6.04 Å². The number of benzene rings is 1. The molecule has 114 valence electrons. The number of rotatable bonds is 7. The van der Waals surface area contributed by atoms with Gasteiger partial charge in [0.25, 0.3) is 0 Å². The fraction of sp³-hybridized carbons (Fsp3) is 0.462. The number of hydrogen-bond acceptors (Lipinski definition) is 6. The molecule has 0 radical (unpaired) electrons. The van der Waals surface area contributed by atoms with Gasteiger partial charge in [0.15, 0.2) is 5.82 Å². The number of hydrogen-bond donors (Lipinski definition) is 1. The van der Waals surface area contributed by atoms with E-state index in [4.69, 9.17) is 21.1 Å². The Morgan fingerprint density at radius 3 is 2.86 bits per heavy atom. The van der Waals surface area contributed by atoms with Crippen molar-refractivity contribution in [3.63, 3.8) is 0 Å². The van der Waals surface area contributed by atoms with Gasteiger partial charge in [-0.05, 0) is 35.5 Å². The molecule has 21 heavy (non-hydrogen) atoms. The first kappa shape index (κ1) is 15.7. The van der Waals surface area contributed by atoms with E-state index in [0.717, 1.165) is 5.69 Å². The number of ether oxygens (including phenoxy) is 2. The number of nitrogens with zero attached hydrogens (tertiary/aromatic N) is 4. The third kappa shape index (κ3) is 3.69. The van der Waals surface area contributed by atoms with E-state index in [1.165, 1.54) is 0 Å². The van der Waals surface area contributed by atoms with Gasteiger partial charge in [-0.2, -0.15) is 4.68 Å². The molecule has 0 bridgehead atoms. The molecule has 0 amide bonds. The van der Waals surface area contributed by atoms with Crippen LogP contribution in [0.1, 0.15) is 18.8 Å². The maximum Gasteiger partial charge on any atom is 0.173 e. The summed E-state index contributed by atoms with van der Waals surface area (Å²) in [4.78, 5) is 0. The van der Waals surface area contributed by atoms with Gasteiger partial charge in [-0.3, -0.25) is 0 Å². The highest BCUT2D eigenvalue weighted by atomic mass is 35.5. The number of nitrogens with one attached hydrogen (secondary N) is 1. The molecule has 7 nitrogen and oxygen atoms in total. The second-order valence-corrected chi connectivity index (χ2v) is 4.84. The lowest BCUT2D eigenvalue weighted by Crippen LogP contribution is -2.25. The Balaban J connectivity index is 2.21. The Bertz CT molecular complexity index is 590. The summed E-state index contributed by atoms with van der Waals surface area (Å²) >= 11 is 6.14. The summed E-state index contributed by atoms with van der Waals surface area (Å²) in [5.41, 5.74) is 0.779. The fourth-order valence-corrected chi connectivity index (χ4v) is 2.16. The van der Waals surface area contributed by atoms with Gasteiger partial charge in [-0.25, -0.2) is 0 Å². The van der Waals surface area contributed by atoms with Crippen molar-refractivity contribution in [1.29, 1.82) is 0 Å². The van der Waals surface area contributed by atoms with E-state index in [1.54, 1.807) is 31.0 Å². The van der Waals surface area contributed by atoms with Crippen molar-refractivity contribution in [3.05, 3.63) is 29.0 Å². The summed E-state index contributed by atoms with van der Waals surface area (Å²) in [7, 11) is 3.24. The number of methoxy groups -OCH3 is 2. The quantitative estimate of drug-likeness (QED) is 0.783.